The van der Waals surface area contributed by atoms with E-state index in [1.807, 2.05) is 30.3 Å². The van der Waals surface area contributed by atoms with E-state index in [1.165, 1.54) is 11.1 Å². The van der Waals surface area contributed by atoms with E-state index in [0.29, 0.717) is 12.4 Å². The second-order valence-electron chi connectivity index (χ2n) is 6.82. The predicted octanol–water partition coefficient (Wildman–Crippen LogP) is 3.46. The van der Waals surface area contributed by atoms with E-state index in [1.54, 1.807) is 10.9 Å². The zero-order chi connectivity index (χ0) is 17.8. The van der Waals surface area contributed by atoms with Gasteiger partial charge in [0.2, 0.25) is 5.91 Å². The molecule has 0 saturated heterocycles. The molecule has 3 aromatic rings. The van der Waals surface area contributed by atoms with E-state index in [-0.39, 0.29) is 11.8 Å². The van der Waals surface area contributed by atoms with Gasteiger partial charge >= 0.3 is 0 Å². The number of amides is 1. The topological polar surface area (TPSA) is 59.8 Å². The SMILES string of the molecule is O=C(Nc1cn(Cc2ccccc2)nn1)C1CCc2ccccc2CC1. The molecule has 0 unspecified atom stereocenters. The number of aryl methyl sites for hydroxylation is 2. The maximum absolute atomic E-state index is 12.7. The van der Waals surface area contributed by atoms with Crippen LogP contribution < -0.4 is 5.32 Å². The number of carbonyl (C=O) groups excluding carboxylic acids is 1. The Kier molecular flexibility index (Phi) is 4.78. The van der Waals surface area contributed by atoms with Gasteiger partial charge in [0.15, 0.2) is 5.82 Å². The van der Waals surface area contributed by atoms with Crippen LogP contribution in [0.3, 0.4) is 0 Å². The van der Waals surface area contributed by atoms with Gasteiger partial charge in [-0.05, 0) is 42.4 Å². The first kappa shape index (κ1) is 16.5. The Balaban J connectivity index is 1.37. The number of benzene rings is 2. The van der Waals surface area contributed by atoms with Gasteiger partial charge in [0, 0.05) is 5.92 Å². The van der Waals surface area contributed by atoms with E-state index in [0.717, 1.165) is 31.2 Å². The number of carbonyl (C=O) groups is 1. The fourth-order valence-corrected chi connectivity index (χ4v) is 3.54. The molecule has 26 heavy (non-hydrogen) atoms. The van der Waals surface area contributed by atoms with E-state index < -0.39 is 0 Å². The lowest BCUT2D eigenvalue weighted by molar-refractivity contribution is -0.120. The Hall–Kier alpha value is -2.95. The zero-order valence-electron chi connectivity index (χ0n) is 14.6. The Bertz CT molecular complexity index is 861. The predicted molar refractivity (Wildman–Crippen MR) is 101 cm³/mol. The lowest BCUT2D eigenvalue weighted by Crippen LogP contribution is -2.23. The summed E-state index contributed by atoms with van der Waals surface area (Å²) in [5, 5.41) is 11.1. The molecule has 0 bridgehead atoms. The average molecular weight is 346 g/mol. The lowest BCUT2D eigenvalue weighted by atomic mass is 9.99. The van der Waals surface area contributed by atoms with Crippen molar-refractivity contribution in [1.29, 1.82) is 0 Å². The van der Waals surface area contributed by atoms with Crippen LogP contribution in [0, 0.1) is 5.92 Å². The summed E-state index contributed by atoms with van der Waals surface area (Å²) in [7, 11) is 0. The summed E-state index contributed by atoms with van der Waals surface area (Å²) in [6, 6.07) is 18.6. The average Bonchev–Trinajstić information content (AvgIpc) is 2.98. The van der Waals surface area contributed by atoms with Gasteiger partial charge in [-0.2, -0.15) is 0 Å². The van der Waals surface area contributed by atoms with E-state index >= 15 is 0 Å². The Morgan fingerprint density at radius 3 is 2.35 bits per heavy atom. The molecule has 5 heteroatoms. The lowest BCUT2D eigenvalue weighted by Gasteiger charge is -2.12. The minimum absolute atomic E-state index is 0.0154. The number of nitrogens with zero attached hydrogens (tertiary/aromatic N) is 3. The number of aromatic nitrogens is 3. The van der Waals surface area contributed by atoms with Gasteiger partial charge in [-0.15, -0.1) is 5.10 Å². The summed E-state index contributed by atoms with van der Waals surface area (Å²) in [5.74, 6) is 0.582. The van der Waals surface area contributed by atoms with Crippen LogP contribution in [0.25, 0.3) is 0 Å². The van der Waals surface area contributed by atoms with Crippen LogP contribution >= 0.6 is 0 Å². The number of hydrogen-bond acceptors (Lipinski definition) is 3. The number of fused-ring (bicyclic) bond motifs is 1. The summed E-state index contributed by atoms with van der Waals surface area (Å²) in [4.78, 5) is 12.7. The van der Waals surface area contributed by atoms with E-state index in [2.05, 4.69) is 39.9 Å². The Labute approximate surface area is 153 Å². The van der Waals surface area contributed by atoms with Crippen molar-refractivity contribution in [3.63, 3.8) is 0 Å². The van der Waals surface area contributed by atoms with Crippen LogP contribution in [-0.2, 0) is 24.2 Å². The van der Waals surface area contributed by atoms with Crippen LogP contribution in [-0.4, -0.2) is 20.9 Å². The third-order valence-electron chi connectivity index (χ3n) is 4.99. The first-order chi connectivity index (χ1) is 12.8. The van der Waals surface area contributed by atoms with Gasteiger partial charge in [-0.3, -0.25) is 4.79 Å². The quantitative estimate of drug-likeness (QED) is 0.736. The smallest absolute Gasteiger partial charge is 0.228 e. The van der Waals surface area contributed by atoms with Gasteiger partial charge in [0.25, 0.3) is 0 Å². The maximum Gasteiger partial charge on any atom is 0.228 e. The zero-order valence-corrected chi connectivity index (χ0v) is 14.6. The molecule has 0 aliphatic heterocycles. The molecule has 1 N–H and O–H groups in total. The molecule has 0 saturated carbocycles. The van der Waals surface area contributed by atoms with Gasteiger partial charge in [0.05, 0.1) is 12.7 Å². The van der Waals surface area contributed by atoms with Crippen LogP contribution in [0.5, 0.6) is 0 Å². The summed E-state index contributed by atoms with van der Waals surface area (Å²) >= 11 is 0. The van der Waals surface area contributed by atoms with Crippen LogP contribution in [0.4, 0.5) is 5.82 Å². The molecule has 2 aromatic carbocycles. The third kappa shape index (κ3) is 3.82. The molecule has 1 heterocycles. The second-order valence-corrected chi connectivity index (χ2v) is 6.82. The van der Waals surface area contributed by atoms with Crippen LogP contribution in [0.2, 0.25) is 0 Å². The fraction of sp³-hybridized carbons (Fsp3) is 0.286. The highest BCUT2D eigenvalue weighted by Crippen LogP contribution is 2.25. The van der Waals surface area contributed by atoms with Gasteiger partial charge in [0.1, 0.15) is 0 Å². The van der Waals surface area contributed by atoms with Gasteiger partial charge in [-0.1, -0.05) is 59.8 Å². The maximum atomic E-state index is 12.7. The van der Waals surface area contributed by atoms with E-state index in [9.17, 15) is 4.79 Å². The molecular formula is C21H22N4O. The molecule has 0 radical (unpaired) electrons. The second kappa shape index (κ2) is 7.52. The van der Waals surface area contributed by atoms with E-state index in [4.69, 9.17) is 0 Å². The number of anilines is 1. The molecule has 1 aliphatic carbocycles. The van der Waals surface area contributed by atoms with Crippen molar-refractivity contribution in [1.82, 2.24) is 15.0 Å². The summed E-state index contributed by atoms with van der Waals surface area (Å²) in [6.45, 7) is 0.641. The Morgan fingerprint density at radius 1 is 1.00 bits per heavy atom. The molecule has 0 fully saturated rings. The standard InChI is InChI=1S/C21H22N4O/c26-21(19-12-10-17-8-4-5-9-18(17)11-13-19)22-20-15-25(24-23-20)14-16-6-2-1-3-7-16/h1-9,15,19H,10-14H2,(H,22,26). The first-order valence-electron chi connectivity index (χ1n) is 9.09. The van der Waals surface area contributed by atoms with Crippen molar-refractivity contribution in [2.75, 3.05) is 5.32 Å². The molecule has 1 aliphatic rings. The summed E-state index contributed by atoms with van der Waals surface area (Å²) in [6.07, 6.45) is 5.45. The molecule has 1 amide bonds. The molecule has 0 spiro atoms. The van der Waals surface area contributed by atoms with Crippen molar-refractivity contribution < 1.29 is 4.79 Å². The third-order valence-corrected chi connectivity index (χ3v) is 4.99. The fourth-order valence-electron chi connectivity index (χ4n) is 3.54. The largest absolute Gasteiger partial charge is 0.308 e. The monoisotopic (exact) mass is 346 g/mol. The molecule has 4 rings (SSSR count). The van der Waals surface area contributed by atoms with Gasteiger partial charge in [-0.25, -0.2) is 4.68 Å². The normalized spacial score (nSPS) is 14.5. The van der Waals surface area contributed by atoms with Crippen molar-refractivity contribution in [3.8, 4) is 0 Å². The van der Waals surface area contributed by atoms with Crippen molar-refractivity contribution in [2.45, 2.75) is 32.2 Å². The number of rotatable bonds is 4. The Morgan fingerprint density at radius 2 is 1.65 bits per heavy atom. The highest BCUT2D eigenvalue weighted by Gasteiger charge is 2.23. The molecule has 132 valence electrons. The molecule has 5 nitrogen and oxygen atoms in total. The molecular weight excluding hydrogens is 324 g/mol. The van der Waals surface area contributed by atoms with Crippen molar-refractivity contribution in [2.24, 2.45) is 5.92 Å². The summed E-state index contributed by atoms with van der Waals surface area (Å²) in [5.41, 5.74) is 3.89. The first-order valence-corrected chi connectivity index (χ1v) is 9.09. The van der Waals surface area contributed by atoms with Crippen LogP contribution in [0.1, 0.15) is 29.5 Å². The minimum atomic E-state index is 0.0154. The summed E-state index contributed by atoms with van der Waals surface area (Å²) < 4.78 is 1.74. The number of hydrogen-bond donors (Lipinski definition) is 1. The number of nitrogens with one attached hydrogen (secondary N) is 1. The van der Waals surface area contributed by atoms with Crippen molar-refractivity contribution >= 4 is 11.7 Å². The highest BCUT2D eigenvalue weighted by atomic mass is 16.2. The van der Waals surface area contributed by atoms with Crippen LogP contribution in [0.15, 0.2) is 60.8 Å². The van der Waals surface area contributed by atoms with Crippen molar-refractivity contribution in [3.05, 3.63) is 77.5 Å². The highest BCUT2D eigenvalue weighted by molar-refractivity contribution is 5.91. The van der Waals surface area contributed by atoms with Gasteiger partial charge < -0.3 is 5.32 Å². The minimum Gasteiger partial charge on any atom is -0.308 e. The molecule has 0 atom stereocenters. The molecule has 1 aromatic heterocycles.